The predicted molar refractivity (Wildman–Crippen MR) is 38.5 cm³/mol. The van der Waals surface area contributed by atoms with Crippen LogP contribution in [-0.4, -0.2) is 12.6 Å². The lowest BCUT2D eigenvalue weighted by Gasteiger charge is -2.25. The third kappa shape index (κ3) is 1.38. The van der Waals surface area contributed by atoms with Crippen molar-refractivity contribution in [3.63, 3.8) is 0 Å². The molecular formula is C8H12O2. The molecular weight excluding hydrogens is 128 g/mol. The van der Waals surface area contributed by atoms with E-state index < -0.39 is 0 Å². The Morgan fingerprint density at radius 3 is 2.60 bits per heavy atom. The molecule has 0 saturated heterocycles. The number of carbonyl (C=O) groups is 1. The van der Waals surface area contributed by atoms with Crippen molar-refractivity contribution in [2.24, 2.45) is 5.41 Å². The summed E-state index contributed by atoms with van der Waals surface area (Å²) in [6, 6.07) is 0. The minimum Gasteiger partial charge on any atom is -0.461 e. The van der Waals surface area contributed by atoms with Gasteiger partial charge in [-0.2, -0.15) is 0 Å². The fourth-order valence-corrected chi connectivity index (χ4v) is 1.05. The summed E-state index contributed by atoms with van der Waals surface area (Å²) in [4.78, 5) is 10.8. The van der Waals surface area contributed by atoms with Crippen molar-refractivity contribution in [1.29, 1.82) is 0 Å². The number of ether oxygens (including phenoxy) is 1. The molecule has 0 bridgehead atoms. The van der Waals surface area contributed by atoms with Crippen LogP contribution in [0.1, 0.15) is 20.8 Å². The Morgan fingerprint density at radius 2 is 2.20 bits per heavy atom. The van der Waals surface area contributed by atoms with Gasteiger partial charge in [0, 0.05) is 11.0 Å². The smallest absolute Gasteiger partial charge is 0.333 e. The second-order valence-electron chi connectivity index (χ2n) is 3.39. The number of hydrogen-bond donors (Lipinski definition) is 0. The Morgan fingerprint density at radius 1 is 1.60 bits per heavy atom. The van der Waals surface area contributed by atoms with Gasteiger partial charge in [0.05, 0.1) is 0 Å². The Kier molecular flexibility index (Phi) is 1.55. The maximum atomic E-state index is 10.8. The Labute approximate surface area is 60.9 Å². The molecule has 0 saturated carbocycles. The monoisotopic (exact) mass is 140 g/mol. The second kappa shape index (κ2) is 2.11. The van der Waals surface area contributed by atoms with Gasteiger partial charge in [-0.1, -0.05) is 19.9 Å². The number of esters is 1. The molecule has 56 valence electrons. The molecule has 0 aromatic carbocycles. The minimum absolute atomic E-state index is 0.0258. The van der Waals surface area contributed by atoms with Gasteiger partial charge in [0.15, 0.2) is 0 Å². The van der Waals surface area contributed by atoms with Crippen molar-refractivity contribution in [1.82, 2.24) is 0 Å². The third-order valence-corrected chi connectivity index (χ3v) is 1.50. The average molecular weight is 140 g/mol. The van der Waals surface area contributed by atoms with Crippen LogP contribution in [0.3, 0.4) is 0 Å². The predicted octanol–water partition coefficient (Wildman–Crippen LogP) is 1.52. The lowest BCUT2D eigenvalue weighted by atomic mass is 9.90. The molecule has 0 atom stereocenters. The van der Waals surface area contributed by atoms with Gasteiger partial charge in [-0.15, -0.1) is 0 Å². The first-order valence-corrected chi connectivity index (χ1v) is 3.38. The number of rotatable bonds is 0. The van der Waals surface area contributed by atoms with Crippen LogP contribution in [0, 0.1) is 5.41 Å². The second-order valence-corrected chi connectivity index (χ2v) is 3.39. The first-order valence-electron chi connectivity index (χ1n) is 3.38. The van der Waals surface area contributed by atoms with Crippen LogP contribution in [0.4, 0.5) is 0 Å². The van der Waals surface area contributed by atoms with Crippen molar-refractivity contribution in [3.05, 3.63) is 11.6 Å². The van der Waals surface area contributed by atoms with Gasteiger partial charge in [0.2, 0.25) is 0 Å². The molecule has 1 aliphatic heterocycles. The highest BCUT2D eigenvalue weighted by molar-refractivity contribution is 5.88. The van der Waals surface area contributed by atoms with E-state index in [9.17, 15) is 4.79 Å². The van der Waals surface area contributed by atoms with E-state index in [1.165, 1.54) is 0 Å². The van der Waals surface area contributed by atoms with Gasteiger partial charge in [0.1, 0.15) is 6.61 Å². The quantitative estimate of drug-likeness (QED) is 0.477. The SMILES string of the molecule is CC1=CC(C)(C)COC1=O. The van der Waals surface area contributed by atoms with E-state index in [2.05, 4.69) is 0 Å². The largest absolute Gasteiger partial charge is 0.461 e. The molecule has 0 aromatic heterocycles. The number of cyclic esters (lactones) is 1. The molecule has 0 N–H and O–H groups in total. The van der Waals surface area contributed by atoms with Gasteiger partial charge in [-0.3, -0.25) is 0 Å². The first-order chi connectivity index (χ1) is 4.51. The molecule has 2 heteroatoms. The van der Waals surface area contributed by atoms with E-state index in [1.807, 2.05) is 19.9 Å². The summed E-state index contributed by atoms with van der Waals surface area (Å²) in [5.74, 6) is -0.181. The van der Waals surface area contributed by atoms with E-state index in [4.69, 9.17) is 4.74 Å². The molecule has 1 aliphatic rings. The lowest BCUT2D eigenvalue weighted by molar-refractivity contribution is -0.142. The lowest BCUT2D eigenvalue weighted by Crippen LogP contribution is -2.26. The van der Waals surface area contributed by atoms with E-state index in [-0.39, 0.29) is 11.4 Å². The van der Waals surface area contributed by atoms with Crippen molar-refractivity contribution in [3.8, 4) is 0 Å². The van der Waals surface area contributed by atoms with Gasteiger partial charge >= 0.3 is 5.97 Å². The summed E-state index contributed by atoms with van der Waals surface area (Å²) in [5, 5.41) is 0. The Bertz CT molecular complexity index is 189. The summed E-state index contributed by atoms with van der Waals surface area (Å²) in [5.41, 5.74) is 0.745. The highest BCUT2D eigenvalue weighted by atomic mass is 16.5. The first kappa shape index (κ1) is 7.32. The maximum absolute atomic E-state index is 10.8. The van der Waals surface area contributed by atoms with Gasteiger partial charge in [0.25, 0.3) is 0 Å². The van der Waals surface area contributed by atoms with Crippen molar-refractivity contribution >= 4 is 5.97 Å². The molecule has 1 rings (SSSR count). The molecule has 0 spiro atoms. The topological polar surface area (TPSA) is 26.3 Å². The average Bonchev–Trinajstić information content (AvgIpc) is 1.79. The normalized spacial score (nSPS) is 23.5. The summed E-state index contributed by atoms with van der Waals surface area (Å²) in [6.45, 7) is 6.37. The van der Waals surface area contributed by atoms with Crippen LogP contribution in [-0.2, 0) is 9.53 Å². The summed E-state index contributed by atoms with van der Waals surface area (Å²) < 4.78 is 4.90. The van der Waals surface area contributed by atoms with Crippen LogP contribution in [0.15, 0.2) is 11.6 Å². The molecule has 0 aromatic rings. The highest BCUT2D eigenvalue weighted by Gasteiger charge is 2.24. The van der Waals surface area contributed by atoms with E-state index in [1.54, 1.807) is 6.92 Å². The summed E-state index contributed by atoms with van der Waals surface area (Å²) in [6.07, 6.45) is 1.96. The summed E-state index contributed by atoms with van der Waals surface area (Å²) >= 11 is 0. The summed E-state index contributed by atoms with van der Waals surface area (Å²) in [7, 11) is 0. The zero-order valence-electron chi connectivity index (χ0n) is 6.60. The molecule has 0 radical (unpaired) electrons. The molecule has 0 unspecified atom stereocenters. The molecule has 0 fully saturated rings. The fraction of sp³-hybridized carbons (Fsp3) is 0.625. The Hall–Kier alpha value is -0.790. The zero-order valence-corrected chi connectivity index (χ0v) is 6.60. The van der Waals surface area contributed by atoms with Crippen LogP contribution in [0.5, 0.6) is 0 Å². The van der Waals surface area contributed by atoms with Gasteiger partial charge in [-0.05, 0) is 6.92 Å². The molecule has 2 nitrogen and oxygen atoms in total. The van der Waals surface area contributed by atoms with E-state index in [0.29, 0.717) is 6.61 Å². The van der Waals surface area contributed by atoms with Crippen LogP contribution in [0.25, 0.3) is 0 Å². The van der Waals surface area contributed by atoms with Crippen LogP contribution < -0.4 is 0 Å². The van der Waals surface area contributed by atoms with E-state index in [0.717, 1.165) is 5.57 Å². The van der Waals surface area contributed by atoms with Gasteiger partial charge < -0.3 is 4.74 Å². The molecule has 1 heterocycles. The minimum atomic E-state index is -0.181. The third-order valence-electron chi connectivity index (χ3n) is 1.50. The standard InChI is InChI=1S/C8H12O2/c1-6-4-8(2,3)5-10-7(6)9/h4H,5H2,1-3H3. The Balaban J connectivity index is 2.86. The molecule has 0 aliphatic carbocycles. The fourth-order valence-electron chi connectivity index (χ4n) is 1.05. The highest BCUT2D eigenvalue weighted by Crippen LogP contribution is 2.24. The van der Waals surface area contributed by atoms with Crippen LogP contribution >= 0.6 is 0 Å². The molecule has 10 heavy (non-hydrogen) atoms. The number of carbonyl (C=O) groups excluding carboxylic acids is 1. The molecule has 0 amide bonds. The maximum Gasteiger partial charge on any atom is 0.333 e. The number of hydrogen-bond acceptors (Lipinski definition) is 2. The van der Waals surface area contributed by atoms with Gasteiger partial charge in [-0.25, -0.2) is 4.79 Å². The van der Waals surface area contributed by atoms with Crippen LogP contribution in [0.2, 0.25) is 0 Å². The van der Waals surface area contributed by atoms with Crippen molar-refractivity contribution in [2.45, 2.75) is 20.8 Å². The van der Waals surface area contributed by atoms with E-state index >= 15 is 0 Å². The van der Waals surface area contributed by atoms with Crippen molar-refractivity contribution in [2.75, 3.05) is 6.61 Å². The zero-order chi connectivity index (χ0) is 7.78. The van der Waals surface area contributed by atoms with Crippen molar-refractivity contribution < 1.29 is 9.53 Å².